The van der Waals surface area contributed by atoms with E-state index in [1.165, 1.54) is 0 Å². The molecule has 0 aromatic carbocycles. The van der Waals surface area contributed by atoms with E-state index in [0.717, 1.165) is 31.5 Å². The Kier molecular flexibility index (Phi) is 5.05. The molecule has 0 spiro atoms. The highest BCUT2D eigenvalue weighted by atomic mass is 16.5. The first kappa shape index (κ1) is 16.9. The average Bonchev–Trinajstić information content (AvgIpc) is 3.37. The van der Waals surface area contributed by atoms with Crippen LogP contribution in [-0.4, -0.2) is 62.1 Å². The van der Waals surface area contributed by atoms with Crippen LogP contribution in [0.25, 0.3) is 0 Å². The Bertz CT molecular complexity index is 731. The number of hydrogen-bond donors (Lipinski definition) is 0. The van der Waals surface area contributed by atoms with Crippen molar-refractivity contribution in [2.75, 3.05) is 26.3 Å². The van der Waals surface area contributed by atoms with Gasteiger partial charge < -0.3 is 14.4 Å². The van der Waals surface area contributed by atoms with E-state index in [4.69, 9.17) is 9.47 Å². The molecular weight excluding hydrogens is 336 g/mol. The molecule has 1 amide bonds. The summed E-state index contributed by atoms with van der Waals surface area (Å²) >= 11 is 0. The standard InChI is InChI=1S/C17H22N6O3/c24-17(13-2-7-25-8-3-13)22-6-1-15(11-22)23-10-14(20-21-23)12-26-16-9-18-4-5-19-16/h4-5,9-10,13,15H,1-3,6-8,11-12H2. The van der Waals surface area contributed by atoms with Crippen molar-refractivity contribution in [1.29, 1.82) is 0 Å². The molecule has 0 radical (unpaired) electrons. The third-order valence-corrected chi connectivity index (χ3v) is 4.88. The zero-order valence-corrected chi connectivity index (χ0v) is 14.5. The maximum Gasteiger partial charge on any atom is 0.232 e. The molecular formula is C17H22N6O3. The summed E-state index contributed by atoms with van der Waals surface area (Å²) in [6, 6.07) is 0.163. The summed E-state index contributed by atoms with van der Waals surface area (Å²) in [5, 5.41) is 8.36. The van der Waals surface area contributed by atoms with Gasteiger partial charge in [0.25, 0.3) is 0 Å². The molecule has 2 saturated heterocycles. The number of ether oxygens (including phenoxy) is 2. The van der Waals surface area contributed by atoms with Crippen molar-refractivity contribution in [2.24, 2.45) is 5.92 Å². The molecule has 1 atom stereocenters. The third kappa shape index (κ3) is 3.82. The van der Waals surface area contributed by atoms with E-state index in [0.29, 0.717) is 25.6 Å². The number of aromatic nitrogens is 5. The molecule has 0 N–H and O–H groups in total. The normalized spacial score (nSPS) is 21.1. The Morgan fingerprint density at radius 3 is 2.96 bits per heavy atom. The first-order chi connectivity index (χ1) is 12.8. The van der Waals surface area contributed by atoms with Gasteiger partial charge >= 0.3 is 0 Å². The Morgan fingerprint density at radius 2 is 2.15 bits per heavy atom. The largest absolute Gasteiger partial charge is 0.470 e. The fourth-order valence-electron chi connectivity index (χ4n) is 3.43. The molecule has 2 fully saturated rings. The minimum absolute atomic E-state index is 0.106. The van der Waals surface area contributed by atoms with Crippen LogP contribution >= 0.6 is 0 Å². The topological polar surface area (TPSA) is 95.3 Å². The first-order valence-electron chi connectivity index (χ1n) is 8.95. The molecule has 9 heteroatoms. The van der Waals surface area contributed by atoms with Crippen LogP contribution in [0.3, 0.4) is 0 Å². The van der Waals surface area contributed by atoms with Gasteiger partial charge in [-0.1, -0.05) is 5.21 Å². The Balaban J connectivity index is 1.31. The van der Waals surface area contributed by atoms with E-state index in [1.807, 2.05) is 15.8 Å². The van der Waals surface area contributed by atoms with Gasteiger partial charge in [-0.05, 0) is 19.3 Å². The van der Waals surface area contributed by atoms with Crippen LogP contribution in [0.2, 0.25) is 0 Å². The second-order valence-electron chi connectivity index (χ2n) is 6.64. The number of carbonyl (C=O) groups is 1. The summed E-state index contributed by atoms with van der Waals surface area (Å²) in [5.74, 6) is 0.812. The third-order valence-electron chi connectivity index (χ3n) is 4.88. The lowest BCUT2D eigenvalue weighted by molar-refractivity contribution is -0.137. The summed E-state index contributed by atoms with van der Waals surface area (Å²) in [6.07, 6.45) is 9.15. The maximum absolute atomic E-state index is 12.6. The van der Waals surface area contributed by atoms with Crippen molar-refractivity contribution in [3.8, 4) is 5.88 Å². The molecule has 2 aliphatic heterocycles. The van der Waals surface area contributed by atoms with Gasteiger partial charge in [0.2, 0.25) is 11.8 Å². The monoisotopic (exact) mass is 358 g/mol. The van der Waals surface area contributed by atoms with Gasteiger partial charge in [-0.3, -0.25) is 9.78 Å². The highest BCUT2D eigenvalue weighted by Crippen LogP contribution is 2.25. The lowest BCUT2D eigenvalue weighted by Gasteiger charge is -2.26. The van der Waals surface area contributed by atoms with Crippen molar-refractivity contribution in [3.63, 3.8) is 0 Å². The van der Waals surface area contributed by atoms with Crippen LogP contribution in [0.15, 0.2) is 24.8 Å². The highest BCUT2D eigenvalue weighted by molar-refractivity contribution is 5.79. The summed E-state index contributed by atoms with van der Waals surface area (Å²) in [4.78, 5) is 22.6. The van der Waals surface area contributed by atoms with Crippen LogP contribution in [-0.2, 0) is 16.1 Å². The SMILES string of the molecule is O=C(C1CCOCC1)N1CCC(n2cc(COc3cnccn3)nn2)C1. The molecule has 2 aromatic heterocycles. The van der Waals surface area contributed by atoms with Gasteiger partial charge in [-0.2, -0.15) is 0 Å². The minimum atomic E-state index is 0.106. The first-order valence-corrected chi connectivity index (χ1v) is 8.95. The van der Waals surface area contributed by atoms with E-state index in [9.17, 15) is 4.79 Å². The molecule has 4 heterocycles. The zero-order valence-electron chi connectivity index (χ0n) is 14.5. The van der Waals surface area contributed by atoms with Crippen LogP contribution in [0.1, 0.15) is 31.0 Å². The quantitative estimate of drug-likeness (QED) is 0.782. The van der Waals surface area contributed by atoms with Gasteiger partial charge in [0.05, 0.1) is 18.4 Å². The smallest absolute Gasteiger partial charge is 0.232 e. The molecule has 26 heavy (non-hydrogen) atoms. The molecule has 1 unspecified atom stereocenters. The van der Waals surface area contributed by atoms with Gasteiger partial charge in [-0.25, -0.2) is 9.67 Å². The summed E-state index contributed by atoms with van der Waals surface area (Å²) in [5.41, 5.74) is 0.727. The van der Waals surface area contributed by atoms with E-state index < -0.39 is 0 Å². The molecule has 0 bridgehead atoms. The zero-order chi connectivity index (χ0) is 17.8. The lowest BCUT2D eigenvalue weighted by Crippen LogP contribution is -2.37. The van der Waals surface area contributed by atoms with Crippen LogP contribution in [0.4, 0.5) is 0 Å². The van der Waals surface area contributed by atoms with Crippen molar-refractivity contribution in [2.45, 2.75) is 31.9 Å². The lowest BCUT2D eigenvalue weighted by atomic mass is 9.99. The van der Waals surface area contributed by atoms with Crippen LogP contribution in [0.5, 0.6) is 5.88 Å². The van der Waals surface area contributed by atoms with E-state index in [2.05, 4.69) is 20.3 Å². The number of hydrogen-bond acceptors (Lipinski definition) is 7. The molecule has 9 nitrogen and oxygen atoms in total. The molecule has 0 aliphatic carbocycles. The Morgan fingerprint density at radius 1 is 1.27 bits per heavy atom. The molecule has 138 valence electrons. The fraction of sp³-hybridized carbons (Fsp3) is 0.588. The minimum Gasteiger partial charge on any atom is -0.470 e. The average molecular weight is 358 g/mol. The highest BCUT2D eigenvalue weighted by Gasteiger charge is 2.32. The number of carbonyl (C=O) groups excluding carboxylic acids is 1. The maximum atomic E-state index is 12.6. The molecule has 2 aliphatic rings. The van der Waals surface area contributed by atoms with E-state index in [1.54, 1.807) is 18.6 Å². The van der Waals surface area contributed by atoms with Gasteiger partial charge in [0.1, 0.15) is 12.3 Å². The van der Waals surface area contributed by atoms with Crippen molar-refractivity contribution >= 4 is 5.91 Å². The van der Waals surface area contributed by atoms with E-state index >= 15 is 0 Å². The second-order valence-corrected chi connectivity index (χ2v) is 6.64. The van der Waals surface area contributed by atoms with Crippen molar-refractivity contribution < 1.29 is 14.3 Å². The summed E-state index contributed by atoms with van der Waals surface area (Å²) in [7, 11) is 0. The number of rotatable bonds is 5. The molecule has 0 saturated carbocycles. The fourth-order valence-corrected chi connectivity index (χ4v) is 3.43. The van der Waals surface area contributed by atoms with Crippen molar-refractivity contribution in [3.05, 3.63) is 30.5 Å². The molecule has 4 rings (SSSR count). The van der Waals surface area contributed by atoms with E-state index in [-0.39, 0.29) is 24.5 Å². The Labute approximate surface area is 151 Å². The van der Waals surface area contributed by atoms with Crippen LogP contribution < -0.4 is 4.74 Å². The number of amides is 1. The summed E-state index contributed by atoms with van der Waals surface area (Å²) in [6.45, 7) is 3.12. The number of likely N-dealkylation sites (tertiary alicyclic amines) is 1. The van der Waals surface area contributed by atoms with Gasteiger partial charge in [0.15, 0.2) is 0 Å². The van der Waals surface area contributed by atoms with Crippen LogP contribution in [0, 0.1) is 5.92 Å². The van der Waals surface area contributed by atoms with Crippen molar-refractivity contribution in [1.82, 2.24) is 29.9 Å². The molecule has 2 aromatic rings. The van der Waals surface area contributed by atoms with Gasteiger partial charge in [-0.15, -0.1) is 5.10 Å². The van der Waals surface area contributed by atoms with Gasteiger partial charge in [0, 0.05) is 44.6 Å². The Hall–Kier alpha value is -2.55. The predicted octanol–water partition coefficient (Wildman–Crippen LogP) is 0.847. The predicted molar refractivity (Wildman–Crippen MR) is 90.2 cm³/mol. The summed E-state index contributed by atoms with van der Waals surface area (Å²) < 4.78 is 12.7. The second kappa shape index (κ2) is 7.77. The number of nitrogens with zero attached hydrogens (tertiary/aromatic N) is 6.